The van der Waals surface area contributed by atoms with E-state index < -0.39 is 0 Å². The van der Waals surface area contributed by atoms with Gasteiger partial charge in [-0.1, -0.05) is 11.6 Å². The van der Waals surface area contributed by atoms with Gasteiger partial charge in [0.15, 0.2) is 4.77 Å². The van der Waals surface area contributed by atoms with Crippen LogP contribution in [-0.4, -0.2) is 14.5 Å². The highest BCUT2D eigenvalue weighted by Crippen LogP contribution is 2.10. The lowest BCUT2D eigenvalue weighted by molar-refractivity contribution is 0.678. The van der Waals surface area contributed by atoms with Gasteiger partial charge in [0.2, 0.25) is 0 Å². The molecule has 0 fully saturated rings. The Morgan fingerprint density at radius 2 is 2.29 bits per heavy atom. The molecule has 0 aromatic carbocycles. The molecule has 0 saturated heterocycles. The van der Waals surface area contributed by atoms with Gasteiger partial charge in [-0.15, -0.1) is 0 Å². The minimum absolute atomic E-state index is 0.748. The van der Waals surface area contributed by atoms with Crippen molar-refractivity contribution in [1.29, 1.82) is 0 Å². The van der Waals surface area contributed by atoms with Crippen LogP contribution in [0.3, 0.4) is 0 Å². The summed E-state index contributed by atoms with van der Waals surface area (Å²) >= 11 is 10.9. The molecule has 2 aromatic heterocycles. The minimum Gasteiger partial charge on any atom is -0.364 e. The Hall–Kier alpha value is -1.00. The first-order valence-corrected chi connectivity index (χ1v) is 5.11. The Balaban J connectivity index is 2.01. The van der Waals surface area contributed by atoms with Crippen LogP contribution >= 0.6 is 23.8 Å². The smallest absolute Gasteiger partial charge is 0.177 e. The second-order valence-electron chi connectivity index (χ2n) is 3.05. The molecule has 2 aromatic rings. The van der Waals surface area contributed by atoms with E-state index >= 15 is 0 Å². The normalized spacial score (nSPS) is 10.6. The Morgan fingerprint density at radius 1 is 1.43 bits per heavy atom. The number of aromatic amines is 2. The first kappa shape index (κ1) is 9.55. The Labute approximate surface area is 91.7 Å². The summed E-state index contributed by atoms with van der Waals surface area (Å²) in [5.41, 5.74) is 1.12. The third-order valence-electron chi connectivity index (χ3n) is 2.05. The fourth-order valence-corrected chi connectivity index (χ4v) is 1.73. The molecule has 0 unspecified atom stereocenters. The summed E-state index contributed by atoms with van der Waals surface area (Å²) in [5.74, 6) is 0. The SMILES string of the molecule is S=c1[nH]ccn1CCc1cc(Cl)c[nH]1. The maximum absolute atomic E-state index is 5.79. The molecular formula is C9H10ClN3S. The van der Waals surface area contributed by atoms with Crippen molar-refractivity contribution in [3.05, 3.63) is 40.1 Å². The van der Waals surface area contributed by atoms with E-state index in [1.807, 2.05) is 23.0 Å². The summed E-state index contributed by atoms with van der Waals surface area (Å²) in [4.78, 5) is 6.05. The van der Waals surface area contributed by atoms with Gasteiger partial charge in [-0.25, -0.2) is 0 Å². The average Bonchev–Trinajstić information content (AvgIpc) is 2.72. The predicted molar refractivity (Wildman–Crippen MR) is 59.1 cm³/mol. The first-order chi connectivity index (χ1) is 6.75. The van der Waals surface area contributed by atoms with Gasteiger partial charge in [-0.3, -0.25) is 0 Å². The molecule has 2 N–H and O–H groups in total. The second kappa shape index (κ2) is 4.02. The summed E-state index contributed by atoms with van der Waals surface area (Å²) in [6, 6.07) is 1.93. The minimum atomic E-state index is 0.748. The highest BCUT2D eigenvalue weighted by atomic mass is 35.5. The Morgan fingerprint density at radius 3 is 2.86 bits per heavy atom. The number of H-pyrrole nitrogens is 2. The Bertz CT molecular complexity index is 468. The molecule has 0 aliphatic heterocycles. The van der Waals surface area contributed by atoms with Crippen LogP contribution in [-0.2, 0) is 13.0 Å². The molecule has 2 rings (SSSR count). The molecule has 14 heavy (non-hydrogen) atoms. The fraction of sp³-hybridized carbons (Fsp3) is 0.222. The molecule has 0 spiro atoms. The van der Waals surface area contributed by atoms with Gasteiger partial charge < -0.3 is 14.5 Å². The molecule has 0 bridgehead atoms. The maximum atomic E-state index is 5.79. The lowest BCUT2D eigenvalue weighted by atomic mass is 10.3. The van der Waals surface area contributed by atoms with Gasteiger partial charge in [0.05, 0.1) is 5.02 Å². The molecule has 2 heterocycles. The van der Waals surface area contributed by atoms with Crippen LogP contribution in [0, 0.1) is 4.77 Å². The number of hydrogen-bond acceptors (Lipinski definition) is 1. The Kier molecular flexibility index (Phi) is 2.74. The number of aromatic nitrogens is 3. The number of halogens is 1. The molecule has 0 aliphatic rings. The van der Waals surface area contributed by atoms with Crippen LogP contribution in [0.4, 0.5) is 0 Å². The van der Waals surface area contributed by atoms with E-state index in [1.165, 1.54) is 0 Å². The van der Waals surface area contributed by atoms with E-state index in [1.54, 1.807) is 6.20 Å². The zero-order valence-corrected chi connectivity index (χ0v) is 9.03. The van der Waals surface area contributed by atoms with Crippen LogP contribution < -0.4 is 0 Å². The monoisotopic (exact) mass is 227 g/mol. The summed E-state index contributed by atoms with van der Waals surface area (Å²) in [6.45, 7) is 0.860. The zero-order chi connectivity index (χ0) is 9.97. The van der Waals surface area contributed by atoms with Crippen molar-refractivity contribution in [3.8, 4) is 0 Å². The van der Waals surface area contributed by atoms with Crippen LogP contribution in [0.1, 0.15) is 5.69 Å². The van der Waals surface area contributed by atoms with Crippen molar-refractivity contribution in [2.24, 2.45) is 0 Å². The topological polar surface area (TPSA) is 36.5 Å². The van der Waals surface area contributed by atoms with E-state index in [9.17, 15) is 0 Å². The molecule has 0 saturated carbocycles. The van der Waals surface area contributed by atoms with Crippen molar-refractivity contribution < 1.29 is 0 Å². The van der Waals surface area contributed by atoms with Crippen molar-refractivity contribution in [2.45, 2.75) is 13.0 Å². The third kappa shape index (κ3) is 2.08. The van der Waals surface area contributed by atoms with Crippen molar-refractivity contribution in [3.63, 3.8) is 0 Å². The van der Waals surface area contributed by atoms with Gasteiger partial charge >= 0.3 is 0 Å². The van der Waals surface area contributed by atoms with Crippen LogP contribution in [0.15, 0.2) is 24.7 Å². The standard InChI is InChI=1S/C9H10ClN3S/c10-7-5-8(12-6-7)1-3-13-4-2-11-9(13)14/h2,4-6,12H,1,3H2,(H,11,14). The summed E-state index contributed by atoms with van der Waals surface area (Å²) < 4.78 is 2.74. The average molecular weight is 228 g/mol. The fourth-order valence-electron chi connectivity index (χ4n) is 1.32. The van der Waals surface area contributed by atoms with Gasteiger partial charge in [-0.05, 0) is 18.3 Å². The maximum Gasteiger partial charge on any atom is 0.177 e. The first-order valence-electron chi connectivity index (χ1n) is 4.32. The van der Waals surface area contributed by atoms with Gasteiger partial charge in [-0.2, -0.15) is 0 Å². The summed E-state index contributed by atoms with van der Waals surface area (Å²) in [6.07, 6.45) is 6.46. The van der Waals surface area contributed by atoms with Crippen molar-refractivity contribution >= 4 is 23.8 Å². The predicted octanol–water partition coefficient (Wildman–Crippen LogP) is 2.77. The van der Waals surface area contributed by atoms with E-state index in [-0.39, 0.29) is 0 Å². The molecular weight excluding hydrogens is 218 g/mol. The number of aryl methyl sites for hydroxylation is 2. The number of nitrogens with zero attached hydrogens (tertiary/aromatic N) is 1. The molecule has 5 heteroatoms. The summed E-state index contributed by atoms with van der Waals surface area (Å²) in [5, 5.41) is 0.748. The van der Waals surface area contributed by atoms with Crippen LogP contribution in [0.2, 0.25) is 5.02 Å². The number of hydrogen-bond donors (Lipinski definition) is 2. The molecule has 0 radical (unpaired) electrons. The van der Waals surface area contributed by atoms with E-state index in [4.69, 9.17) is 23.8 Å². The number of rotatable bonds is 3. The molecule has 0 aliphatic carbocycles. The number of imidazole rings is 1. The second-order valence-corrected chi connectivity index (χ2v) is 3.87. The van der Waals surface area contributed by atoms with Gasteiger partial charge in [0, 0.05) is 37.3 Å². The van der Waals surface area contributed by atoms with Crippen LogP contribution in [0.5, 0.6) is 0 Å². The van der Waals surface area contributed by atoms with Crippen molar-refractivity contribution in [1.82, 2.24) is 14.5 Å². The van der Waals surface area contributed by atoms with E-state index in [0.29, 0.717) is 0 Å². The molecule has 74 valence electrons. The highest BCUT2D eigenvalue weighted by Gasteiger charge is 1.98. The molecule has 0 atom stereocenters. The highest BCUT2D eigenvalue weighted by molar-refractivity contribution is 7.71. The van der Waals surface area contributed by atoms with Gasteiger partial charge in [0.25, 0.3) is 0 Å². The zero-order valence-electron chi connectivity index (χ0n) is 7.46. The number of nitrogens with one attached hydrogen (secondary N) is 2. The molecule has 3 nitrogen and oxygen atoms in total. The van der Waals surface area contributed by atoms with Crippen molar-refractivity contribution in [2.75, 3.05) is 0 Å². The third-order valence-corrected chi connectivity index (χ3v) is 2.62. The quantitative estimate of drug-likeness (QED) is 0.778. The van der Waals surface area contributed by atoms with Crippen LogP contribution in [0.25, 0.3) is 0 Å². The summed E-state index contributed by atoms with van der Waals surface area (Å²) in [7, 11) is 0. The van der Waals surface area contributed by atoms with E-state index in [0.717, 1.165) is 28.5 Å². The lowest BCUT2D eigenvalue weighted by Crippen LogP contribution is -1.99. The lowest BCUT2D eigenvalue weighted by Gasteiger charge is -1.99. The van der Waals surface area contributed by atoms with Gasteiger partial charge in [0.1, 0.15) is 0 Å². The van der Waals surface area contributed by atoms with E-state index in [2.05, 4.69) is 9.97 Å². The largest absolute Gasteiger partial charge is 0.364 e. The molecule has 0 amide bonds.